The Labute approximate surface area is 175 Å². The highest BCUT2D eigenvalue weighted by Crippen LogP contribution is 2.21. The SMILES string of the molecule is Cc1ccc(C(=O)Nc2nnc(Cc3ccc(Cl)cc3)s2)cc1-n1nnnc1C. The summed E-state index contributed by atoms with van der Waals surface area (Å²) in [5, 5.41) is 24.5. The highest BCUT2D eigenvalue weighted by Gasteiger charge is 2.14. The van der Waals surface area contributed by atoms with E-state index in [1.807, 2.05) is 37.3 Å². The van der Waals surface area contributed by atoms with E-state index in [9.17, 15) is 4.79 Å². The highest BCUT2D eigenvalue weighted by molar-refractivity contribution is 7.15. The average molecular weight is 426 g/mol. The van der Waals surface area contributed by atoms with Gasteiger partial charge in [-0.25, -0.2) is 0 Å². The maximum atomic E-state index is 12.7. The van der Waals surface area contributed by atoms with E-state index in [1.54, 1.807) is 23.7 Å². The summed E-state index contributed by atoms with van der Waals surface area (Å²) < 4.78 is 1.60. The molecule has 0 atom stereocenters. The van der Waals surface area contributed by atoms with Gasteiger partial charge in [-0.05, 0) is 59.7 Å². The summed E-state index contributed by atoms with van der Waals surface area (Å²) in [6, 6.07) is 12.9. The molecule has 0 bridgehead atoms. The van der Waals surface area contributed by atoms with Crippen molar-refractivity contribution >= 4 is 34.0 Å². The minimum Gasteiger partial charge on any atom is -0.296 e. The van der Waals surface area contributed by atoms with Crippen LogP contribution in [0.25, 0.3) is 5.69 Å². The lowest BCUT2D eigenvalue weighted by atomic mass is 10.1. The maximum absolute atomic E-state index is 12.7. The number of anilines is 1. The summed E-state index contributed by atoms with van der Waals surface area (Å²) in [5.41, 5.74) is 3.26. The zero-order chi connectivity index (χ0) is 20.4. The Morgan fingerprint density at radius 1 is 1.10 bits per heavy atom. The molecule has 2 heterocycles. The van der Waals surface area contributed by atoms with Gasteiger partial charge in [-0.15, -0.1) is 15.3 Å². The molecule has 1 N–H and O–H groups in total. The molecule has 0 aliphatic rings. The Kier molecular flexibility index (Phi) is 5.32. The van der Waals surface area contributed by atoms with Gasteiger partial charge in [0.1, 0.15) is 5.01 Å². The number of nitrogens with one attached hydrogen (secondary N) is 1. The van der Waals surface area contributed by atoms with Crippen LogP contribution in [0.4, 0.5) is 5.13 Å². The van der Waals surface area contributed by atoms with Crippen molar-refractivity contribution in [2.45, 2.75) is 20.3 Å². The van der Waals surface area contributed by atoms with Crippen LogP contribution in [0.1, 0.15) is 32.3 Å². The summed E-state index contributed by atoms with van der Waals surface area (Å²) in [6.07, 6.45) is 0.623. The first-order valence-corrected chi connectivity index (χ1v) is 9.93. The fraction of sp³-hybridized carbons (Fsp3) is 0.158. The topological polar surface area (TPSA) is 98.5 Å². The third-order valence-electron chi connectivity index (χ3n) is 4.28. The first-order chi connectivity index (χ1) is 14.0. The second-order valence-electron chi connectivity index (χ2n) is 6.40. The second-order valence-corrected chi connectivity index (χ2v) is 7.90. The normalized spacial score (nSPS) is 10.9. The van der Waals surface area contributed by atoms with Gasteiger partial charge in [0.15, 0.2) is 5.82 Å². The second kappa shape index (κ2) is 8.06. The summed E-state index contributed by atoms with van der Waals surface area (Å²) in [6.45, 7) is 3.74. The van der Waals surface area contributed by atoms with E-state index >= 15 is 0 Å². The number of benzene rings is 2. The summed E-state index contributed by atoms with van der Waals surface area (Å²) in [4.78, 5) is 12.7. The van der Waals surface area contributed by atoms with Gasteiger partial charge in [0.05, 0.1) is 5.69 Å². The molecule has 4 rings (SSSR count). The minimum absolute atomic E-state index is 0.272. The molecule has 10 heteroatoms. The number of rotatable bonds is 5. The first kappa shape index (κ1) is 19.2. The quantitative estimate of drug-likeness (QED) is 0.524. The molecule has 1 amide bonds. The number of halogens is 1. The third kappa shape index (κ3) is 4.30. The van der Waals surface area contributed by atoms with Crippen LogP contribution >= 0.6 is 22.9 Å². The lowest BCUT2D eigenvalue weighted by molar-refractivity contribution is 0.102. The molecular weight excluding hydrogens is 410 g/mol. The maximum Gasteiger partial charge on any atom is 0.257 e. The van der Waals surface area contributed by atoms with Crippen molar-refractivity contribution in [3.63, 3.8) is 0 Å². The summed E-state index contributed by atoms with van der Waals surface area (Å²) in [5.74, 6) is 0.368. The monoisotopic (exact) mass is 425 g/mol. The minimum atomic E-state index is -0.272. The van der Waals surface area contributed by atoms with Gasteiger partial charge >= 0.3 is 0 Å². The van der Waals surface area contributed by atoms with Crippen LogP contribution in [0.5, 0.6) is 0 Å². The van der Waals surface area contributed by atoms with E-state index in [-0.39, 0.29) is 5.91 Å². The lowest BCUT2D eigenvalue weighted by Crippen LogP contribution is -2.13. The van der Waals surface area contributed by atoms with Crippen LogP contribution in [0.3, 0.4) is 0 Å². The smallest absolute Gasteiger partial charge is 0.257 e. The zero-order valence-electron chi connectivity index (χ0n) is 15.6. The molecule has 0 aliphatic heterocycles. The average Bonchev–Trinajstić information content (AvgIpc) is 3.33. The molecule has 0 fully saturated rings. The van der Waals surface area contributed by atoms with Crippen LogP contribution in [0.15, 0.2) is 42.5 Å². The Morgan fingerprint density at radius 3 is 2.62 bits per heavy atom. The standard InChI is InChI=1S/C19H16ClN7OS/c1-11-3-6-14(10-16(11)27-12(2)22-25-26-27)18(28)21-19-24-23-17(29-19)9-13-4-7-15(20)8-5-13/h3-8,10H,9H2,1-2H3,(H,21,24,28). The van der Waals surface area contributed by atoms with Gasteiger partial charge in [-0.2, -0.15) is 4.68 Å². The molecule has 0 aliphatic carbocycles. The van der Waals surface area contributed by atoms with E-state index in [4.69, 9.17) is 11.6 Å². The number of carbonyl (C=O) groups excluding carboxylic acids is 1. The van der Waals surface area contributed by atoms with E-state index in [1.165, 1.54) is 11.3 Å². The van der Waals surface area contributed by atoms with Crippen molar-refractivity contribution in [1.29, 1.82) is 0 Å². The third-order valence-corrected chi connectivity index (χ3v) is 5.37. The van der Waals surface area contributed by atoms with Crippen LogP contribution in [0, 0.1) is 13.8 Å². The van der Waals surface area contributed by atoms with Gasteiger partial charge in [0.25, 0.3) is 5.91 Å². The molecule has 0 spiro atoms. The first-order valence-electron chi connectivity index (χ1n) is 8.74. The fourth-order valence-electron chi connectivity index (χ4n) is 2.75. The Balaban J connectivity index is 1.49. The van der Waals surface area contributed by atoms with Crippen molar-refractivity contribution in [2.24, 2.45) is 0 Å². The Bertz CT molecular complexity index is 1170. The van der Waals surface area contributed by atoms with Crippen LogP contribution in [-0.2, 0) is 6.42 Å². The molecule has 0 saturated carbocycles. The number of aromatic nitrogens is 6. The molecule has 8 nitrogen and oxygen atoms in total. The van der Waals surface area contributed by atoms with Crippen molar-refractivity contribution in [1.82, 2.24) is 30.4 Å². The summed E-state index contributed by atoms with van der Waals surface area (Å²) >= 11 is 7.25. The van der Waals surface area contributed by atoms with Gasteiger partial charge in [0.2, 0.25) is 5.13 Å². The van der Waals surface area contributed by atoms with Crippen LogP contribution in [0.2, 0.25) is 5.02 Å². The number of hydrogen-bond acceptors (Lipinski definition) is 7. The lowest BCUT2D eigenvalue weighted by Gasteiger charge is -2.08. The number of hydrogen-bond donors (Lipinski definition) is 1. The molecule has 4 aromatic rings. The van der Waals surface area contributed by atoms with Crippen LogP contribution < -0.4 is 5.32 Å². The number of tetrazole rings is 1. The molecule has 0 unspecified atom stereocenters. The molecule has 0 radical (unpaired) electrons. The van der Waals surface area contributed by atoms with Gasteiger partial charge in [0, 0.05) is 17.0 Å². The largest absolute Gasteiger partial charge is 0.296 e. The molecule has 0 saturated heterocycles. The Hall–Kier alpha value is -3.17. The van der Waals surface area contributed by atoms with E-state index in [0.29, 0.717) is 28.0 Å². The Morgan fingerprint density at radius 2 is 1.90 bits per heavy atom. The van der Waals surface area contributed by atoms with Crippen molar-refractivity contribution < 1.29 is 4.79 Å². The predicted molar refractivity (Wildman–Crippen MR) is 111 cm³/mol. The number of amides is 1. The van der Waals surface area contributed by atoms with E-state index in [2.05, 4.69) is 31.0 Å². The molecule has 29 heavy (non-hydrogen) atoms. The predicted octanol–water partition coefficient (Wildman–Crippen LogP) is 3.63. The molecule has 2 aromatic heterocycles. The van der Waals surface area contributed by atoms with Gasteiger partial charge < -0.3 is 0 Å². The number of carbonyl (C=O) groups is 1. The highest BCUT2D eigenvalue weighted by atomic mass is 35.5. The van der Waals surface area contributed by atoms with E-state index in [0.717, 1.165) is 21.8 Å². The van der Waals surface area contributed by atoms with Crippen molar-refractivity contribution in [2.75, 3.05) is 5.32 Å². The van der Waals surface area contributed by atoms with Crippen molar-refractivity contribution in [3.05, 3.63) is 75.0 Å². The number of aryl methyl sites for hydroxylation is 2. The van der Waals surface area contributed by atoms with Gasteiger partial charge in [-0.1, -0.05) is 41.1 Å². The van der Waals surface area contributed by atoms with Crippen molar-refractivity contribution in [3.8, 4) is 5.69 Å². The van der Waals surface area contributed by atoms with Gasteiger partial charge in [-0.3, -0.25) is 10.1 Å². The molecular formula is C19H16ClN7OS. The number of nitrogens with zero attached hydrogens (tertiary/aromatic N) is 6. The molecule has 146 valence electrons. The van der Waals surface area contributed by atoms with Crippen LogP contribution in [-0.4, -0.2) is 36.3 Å². The zero-order valence-corrected chi connectivity index (χ0v) is 17.2. The molecule has 2 aromatic carbocycles. The summed E-state index contributed by atoms with van der Waals surface area (Å²) in [7, 11) is 0. The fourth-order valence-corrected chi connectivity index (χ4v) is 3.65. The van der Waals surface area contributed by atoms with E-state index < -0.39 is 0 Å².